The zero-order chi connectivity index (χ0) is 46.4. The lowest BCUT2D eigenvalue weighted by atomic mass is 9.77. The fourth-order valence-corrected chi connectivity index (χ4v) is 8.06. The molecule has 10 rings (SSSR count). The van der Waals surface area contributed by atoms with Crippen molar-refractivity contribution in [1.82, 2.24) is 0 Å². The quantitative estimate of drug-likeness (QED) is 0.0327. The maximum atomic E-state index is 12.9. The molecule has 6 aromatic rings. The lowest BCUT2D eigenvalue weighted by Gasteiger charge is -2.36. The number of esters is 4. The molecule has 330 valence electrons. The smallest absolute Gasteiger partial charge is 0.340 e. The summed E-state index contributed by atoms with van der Waals surface area (Å²) in [6.45, 7) is 0. The number of carbonyl (C=O) groups is 5. The number of benzene rings is 6. The van der Waals surface area contributed by atoms with Crippen molar-refractivity contribution in [3.8, 4) is 46.0 Å². The van der Waals surface area contributed by atoms with E-state index in [0.717, 1.165) is 0 Å². The summed E-state index contributed by atoms with van der Waals surface area (Å²) in [5.74, 6) is -2.60. The molecule has 0 aliphatic carbocycles. The van der Waals surface area contributed by atoms with Gasteiger partial charge in [-0.05, 0) is 72.8 Å². The fraction of sp³-hybridized carbons (Fsp3) is 0.109. The molecule has 7 N–H and O–H groups in total. The molecule has 0 fully saturated rings. The highest BCUT2D eigenvalue weighted by molar-refractivity contribution is 6.29. The van der Waals surface area contributed by atoms with E-state index in [0.29, 0.717) is 73.3 Å². The van der Waals surface area contributed by atoms with Crippen LogP contribution in [0.5, 0.6) is 46.0 Å². The van der Waals surface area contributed by atoms with E-state index < -0.39 is 41.0 Å². The van der Waals surface area contributed by atoms with Crippen LogP contribution in [0.4, 0.5) is 11.4 Å². The molecule has 19 heteroatoms. The molecule has 1 amide bonds. The standard InChI is InChI=1S/C22H14ClNO6.C20H13NO5.C4H4Cl2O3/c23-10-20(27)24-11-1-4-15-14(7-11)21(28)30-22(15)16-5-2-12(25)8-18(16)29-19-9-13(26)3-6-17(19)22;21-10-1-4-14-13(7-10)19(24)26-20(14)15-5-2-11(22)8-17(15)25-18-9-12(23)3-6-16(18)20;5-1-3(7)9-4(8)2-6/h1-9,25-26H,10H2,(H,24,27);1-9,22-23H,21H2;1-2H2. The van der Waals surface area contributed by atoms with Gasteiger partial charge in [0.2, 0.25) is 5.91 Å². The Kier molecular flexibility index (Phi) is 11.6. The van der Waals surface area contributed by atoms with E-state index in [1.54, 1.807) is 54.6 Å². The van der Waals surface area contributed by atoms with Crippen LogP contribution < -0.4 is 20.5 Å². The van der Waals surface area contributed by atoms with Crippen molar-refractivity contribution >= 4 is 76.0 Å². The van der Waals surface area contributed by atoms with E-state index in [9.17, 15) is 44.4 Å². The summed E-state index contributed by atoms with van der Waals surface area (Å²) < 4.78 is 27.6. The first kappa shape index (κ1) is 44.0. The Bertz CT molecular complexity index is 2880. The molecule has 0 aromatic heterocycles. The van der Waals surface area contributed by atoms with Crippen LogP contribution in [0.3, 0.4) is 0 Å². The van der Waals surface area contributed by atoms with Crippen LogP contribution >= 0.6 is 34.8 Å². The summed E-state index contributed by atoms with van der Waals surface area (Å²) in [6.07, 6.45) is 0. The molecule has 16 nitrogen and oxygen atoms in total. The summed E-state index contributed by atoms with van der Waals surface area (Å²) in [6, 6.07) is 28.3. The summed E-state index contributed by atoms with van der Waals surface area (Å²) >= 11 is 15.5. The van der Waals surface area contributed by atoms with Gasteiger partial charge in [-0.1, -0.05) is 12.1 Å². The lowest BCUT2D eigenvalue weighted by molar-refractivity contribution is -0.155. The Hall–Kier alpha value is -7.66. The van der Waals surface area contributed by atoms with Gasteiger partial charge in [0, 0.05) is 69.0 Å². The first-order valence-electron chi connectivity index (χ1n) is 19.0. The number of nitrogens with one attached hydrogen (secondary N) is 1. The number of nitrogen functional groups attached to an aromatic ring is 1. The average molecular weight is 942 g/mol. The van der Waals surface area contributed by atoms with Crippen LogP contribution in [-0.4, -0.2) is 67.9 Å². The molecular weight excluding hydrogens is 911 g/mol. The van der Waals surface area contributed by atoms with Crippen molar-refractivity contribution in [3.63, 3.8) is 0 Å². The minimum absolute atomic E-state index is 0.0174. The summed E-state index contributed by atoms with van der Waals surface area (Å²) in [4.78, 5) is 57.4. The average Bonchev–Trinajstić information content (AvgIpc) is 3.72. The molecule has 2 spiro atoms. The van der Waals surface area contributed by atoms with Gasteiger partial charge in [0.1, 0.15) is 63.6 Å². The number of fused-ring (bicyclic) bond motifs is 12. The van der Waals surface area contributed by atoms with Gasteiger partial charge in [-0.2, -0.15) is 0 Å². The van der Waals surface area contributed by atoms with E-state index >= 15 is 0 Å². The second-order valence-electron chi connectivity index (χ2n) is 14.4. The number of hydrogen-bond donors (Lipinski definition) is 6. The number of phenolic OH excluding ortho intramolecular Hbond substituents is 4. The van der Waals surface area contributed by atoms with Gasteiger partial charge in [-0.15, -0.1) is 34.8 Å². The summed E-state index contributed by atoms with van der Waals surface area (Å²) in [5.41, 5.74) is 8.25. The number of ether oxygens (including phenoxy) is 5. The third kappa shape index (κ3) is 7.77. The van der Waals surface area contributed by atoms with Crippen molar-refractivity contribution in [1.29, 1.82) is 0 Å². The fourth-order valence-electron chi connectivity index (χ4n) is 7.88. The number of nitrogens with two attached hydrogens (primary N) is 1. The van der Waals surface area contributed by atoms with Crippen LogP contribution in [-0.2, 0) is 39.8 Å². The third-order valence-electron chi connectivity index (χ3n) is 10.4. The zero-order valence-corrected chi connectivity index (χ0v) is 35.4. The Labute approximate surface area is 382 Å². The van der Waals surface area contributed by atoms with Crippen molar-refractivity contribution in [3.05, 3.63) is 154 Å². The first-order valence-corrected chi connectivity index (χ1v) is 20.6. The molecule has 65 heavy (non-hydrogen) atoms. The number of aromatic hydroxyl groups is 4. The molecule has 0 saturated carbocycles. The van der Waals surface area contributed by atoms with Crippen LogP contribution in [0.25, 0.3) is 0 Å². The highest BCUT2D eigenvalue weighted by Gasteiger charge is 2.55. The van der Waals surface area contributed by atoms with E-state index in [2.05, 4.69) is 10.1 Å². The van der Waals surface area contributed by atoms with E-state index in [1.165, 1.54) is 54.6 Å². The van der Waals surface area contributed by atoms with Crippen LogP contribution in [0.2, 0.25) is 0 Å². The Morgan fingerprint density at radius 3 is 1.28 bits per heavy atom. The molecular formula is C46H31Cl3N2O14. The van der Waals surface area contributed by atoms with Gasteiger partial charge in [0.05, 0.1) is 11.1 Å². The zero-order valence-electron chi connectivity index (χ0n) is 33.1. The topological polar surface area (TPSA) is 250 Å². The van der Waals surface area contributed by atoms with E-state index in [1.807, 2.05) is 0 Å². The number of halogens is 3. The van der Waals surface area contributed by atoms with Crippen LogP contribution in [0.15, 0.2) is 109 Å². The number of carbonyl (C=O) groups excluding carboxylic acids is 5. The molecule has 0 saturated heterocycles. The van der Waals surface area contributed by atoms with Crippen LogP contribution in [0, 0.1) is 0 Å². The number of alkyl halides is 3. The lowest BCUT2D eigenvalue weighted by Crippen LogP contribution is -2.32. The van der Waals surface area contributed by atoms with Gasteiger partial charge >= 0.3 is 23.9 Å². The minimum atomic E-state index is -1.33. The van der Waals surface area contributed by atoms with Gasteiger partial charge in [0.25, 0.3) is 0 Å². The number of phenols is 4. The molecule has 0 unspecified atom stereocenters. The van der Waals surface area contributed by atoms with Crippen molar-refractivity contribution in [2.75, 3.05) is 28.7 Å². The highest BCUT2D eigenvalue weighted by Crippen LogP contribution is 2.59. The SMILES string of the molecule is Nc1ccc2c(c1)C(=O)OC21c2ccc(O)cc2Oc2cc(O)ccc21.O=C(CCl)Nc1ccc2c(c1)C(=O)OC21c2ccc(O)cc2Oc2cc(O)ccc21.O=C(CCl)OC(=O)CCl. The normalized spacial score (nSPS) is 14.3. The van der Waals surface area contributed by atoms with Gasteiger partial charge in [-0.25, -0.2) is 9.59 Å². The summed E-state index contributed by atoms with van der Waals surface area (Å²) in [5, 5.41) is 42.2. The predicted molar refractivity (Wildman–Crippen MR) is 232 cm³/mol. The third-order valence-corrected chi connectivity index (χ3v) is 11.1. The molecule has 0 bridgehead atoms. The Balaban J connectivity index is 0.000000151. The second kappa shape index (κ2) is 17.1. The maximum Gasteiger partial charge on any atom is 0.340 e. The number of anilines is 2. The van der Waals surface area contributed by atoms with E-state index in [-0.39, 0.29) is 46.2 Å². The number of hydrogen-bond acceptors (Lipinski definition) is 15. The van der Waals surface area contributed by atoms with Crippen LogP contribution in [0.1, 0.15) is 54.1 Å². The van der Waals surface area contributed by atoms with Gasteiger partial charge in [0.15, 0.2) is 11.2 Å². The van der Waals surface area contributed by atoms with Gasteiger partial charge < -0.3 is 55.2 Å². The van der Waals surface area contributed by atoms with Crippen molar-refractivity contribution in [2.24, 2.45) is 0 Å². The highest BCUT2D eigenvalue weighted by atomic mass is 35.5. The van der Waals surface area contributed by atoms with Crippen molar-refractivity contribution in [2.45, 2.75) is 11.2 Å². The molecule has 4 heterocycles. The number of rotatable bonds is 4. The molecule has 0 radical (unpaired) electrons. The molecule has 4 aliphatic rings. The Morgan fingerprint density at radius 2 is 0.892 bits per heavy atom. The maximum absolute atomic E-state index is 12.9. The van der Waals surface area contributed by atoms with E-state index in [4.69, 9.17) is 59.5 Å². The number of amides is 1. The molecule has 0 atom stereocenters. The molecule has 4 aliphatic heterocycles. The first-order chi connectivity index (χ1) is 31.1. The van der Waals surface area contributed by atoms with Gasteiger partial charge in [-0.3, -0.25) is 14.4 Å². The minimum Gasteiger partial charge on any atom is -0.508 e. The second-order valence-corrected chi connectivity index (χ2v) is 15.2. The Morgan fingerprint density at radius 1 is 0.523 bits per heavy atom. The van der Waals surface area contributed by atoms with Crippen molar-refractivity contribution < 1.29 is 68.1 Å². The monoisotopic (exact) mass is 940 g/mol. The largest absolute Gasteiger partial charge is 0.508 e. The molecule has 6 aromatic carbocycles. The summed E-state index contributed by atoms with van der Waals surface area (Å²) in [7, 11) is 0. The predicted octanol–water partition coefficient (Wildman–Crippen LogP) is 7.62.